The number of alkyl halides is 1. The van der Waals surface area contributed by atoms with Gasteiger partial charge in [0.05, 0.1) is 5.88 Å². The first kappa shape index (κ1) is 37.7. The molecule has 55 heavy (non-hydrogen) atoms. The molecule has 8 rings (SSSR count). The molecule has 8 aromatic rings. The molecule has 12 nitrogen and oxygen atoms in total. The van der Waals surface area contributed by atoms with Crippen LogP contribution in [0.3, 0.4) is 0 Å². The SMILES string of the molecule is Cc1cc(CCl)c(O)c(-n2nc3ccccc3n2)c1.Cc1cc(COc2ccc(C=O)cc2)c(O)c(-n2nc3ccccc3n2)c1.O=Cc1ccc(O)cc1. The number of nitrogens with zero attached hydrogens (tertiary/aromatic N) is 6. The summed E-state index contributed by atoms with van der Waals surface area (Å²) in [6.45, 7) is 4.07. The van der Waals surface area contributed by atoms with Gasteiger partial charge in [-0.1, -0.05) is 30.3 Å². The van der Waals surface area contributed by atoms with E-state index in [1.807, 2.05) is 86.6 Å². The van der Waals surface area contributed by atoms with Crippen molar-refractivity contribution < 1.29 is 29.6 Å². The van der Waals surface area contributed by atoms with Gasteiger partial charge in [0.2, 0.25) is 0 Å². The van der Waals surface area contributed by atoms with E-state index in [0.717, 1.165) is 45.8 Å². The van der Waals surface area contributed by atoms with E-state index in [4.69, 9.17) is 21.4 Å². The van der Waals surface area contributed by atoms with Gasteiger partial charge < -0.3 is 20.1 Å². The summed E-state index contributed by atoms with van der Waals surface area (Å²) < 4.78 is 5.75. The van der Waals surface area contributed by atoms with Crippen LogP contribution >= 0.6 is 11.6 Å². The second-order valence-corrected chi connectivity index (χ2v) is 12.6. The third-order valence-corrected chi connectivity index (χ3v) is 8.50. The Morgan fingerprint density at radius 3 is 1.40 bits per heavy atom. The van der Waals surface area contributed by atoms with Crippen LogP contribution in [0.2, 0.25) is 0 Å². The molecule has 0 saturated heterocycles. The molecule has 6 aromatic carbocycles. The summed E-state index contributed by atoms with van der Waals surface area (Å²) in [5.74, 6) is 1.25. The lowest BCUT2D eigenvalue weighted by atomic mass is 10.1. The van der Waals surface area contributed by atoms with Gasteiger partial charge in [-0.2, -0.15) is 0 Å². The van der Waals surface area contributed by atoms with Gasteiger partial charge in [-0.25, -0.2) is 0 Å². The largest absolute Gasteiger partial charge is 0.508 e. The van der Waals surface area contributed by atoms with Gasteiger partial charge in [0.25, 0.3) is 0 Å². The molecule has 0 amide bonds. The van der Waals surface area contributed by atoms with Crippen molar-refractivity contribution in [1.29, 1.82) is 0 Å². The number of phenols is 3. The first-order valence-corrected chi connectivity index (χ1v) is 17.5. The third-order valence-electron chi connectivity index (χ3n) is 8.21. The summed E-state index contributed by atoms with van der Waals surface area (Å²) in [6, 6.07) is 35.4. The Kier molecular flexibility index (Phi) is 11.8. The van der Waals surface area contributed by atoms with Gasteiger partial charge in [-0.05, 0) is 116 Å². The number of ether oxygens (including phenoxy) is 1. The monoisotopic (exact) mass is 754 g/mol. The molecule has 0 aliphatic rings. The molecule has 0 radical (unpaired) electrons. The van der Waals surface area contributed by atoms with Crippen LogP contribution in [0.25, 0.3) is 33.4 Å². The Balaban J connectivity index is 0.000000159. The van der Waals surface area contributed by atoms with Crippen LogP contribution in [0.5, 0.6) is 23.0 Å². The van der Waals surface area contributed by atoms with Gasteiger partial charge in [0.1, 0.15) is 75.6 Å². The zero-order valence-corrected chi connectivity index (χ0v) is 30.5. The molecule has 0 aliphatic heterocycles. The fourth-order valence-corrected chi connectivity index (χ4v) is 5.68. The average molecular weight is 755 g/mol. The van der Waals surface area contributed by atoms with E-state index in [0.29, 0.717) is 39.4 Å². The van der Waals surface area contributed by atoms with Crippen LogP contribution < -0.4 is 4.74 Å². The van der Waals surface area contributed by atoms with Crippen molar-refractivity contribution >= 4 is 46.2 Å². The smallest absolute Gasteiger partial charge is 0.150 e. The van der Waals surface area contributed by atoms with E-state index in [2.05, 4.69) is 20.4 Å². The highest BCUT2D eigenvalue weighted by atomic mass is 35.5. The highest BCUT2D eigenvalue weighted by Crippen LogP contribution is 2.30. The van der Waals surface area contributed by atoms with Crippen molar-refractivity contribution in [2.24, 2.45) is 0 Å². The molecular weight excluding hydrogens is 720 g/mol. The number of carbonyl (C=O) groups is 2. The molecule has 0 unspecified atom stereocenters. The minimum Gasteiger partial charge on any atom is -0.508 e. The Hall–Kier alpha value is -7.05. The highest BCUT2D eigenvalue weighted by Gasteiger charge is 2.15. The van der Waals surface area contributed by atoms with Crippen LogP contribution in [0.1, 0.15) is 43.0 Å². The van der Waals surface area contributed by atoms with E-state index in [-0.39, 0.29) is 29.7 Å². The number of rotatable bonds is 8. The fourth-order valence-electron chi connectivity index (χ4n) is 5.48. The molecule has 2 heterocycles. The number of fused-ring (bicyclic) bond motifs is 2. The van der Waals surface area contributed by atoms with Crippen LogP contribution in [0.15, 0.2) is 121 Å². The summed E-state index contributed by atoms with van der Waals surface area (Å²) in [4.78, 5) is 23.7. The summed E-state index contributed by atoms with van der Waals surface area (Å²) in [5.41, 5.74) is 8.57. The molecular formula is C42H35ClN6O6. The predicted molar refractivity (Wildman–Crippen MR) is 210 cm³/mol. The minimum absolute atomic E-state index is 0.0745. The molecule has 3 N–H and O–H groups in total. The van der Waals surface area contributed by atoms with Crippen molar-refractivity contribution in [1.82, 2.24) is 30.0 Å². The molecule has 0 fully saturated rings. The fraction of sp³-hybridized carbons (Fsp3) is 0.0952. The quantitative estimate of drug-likeness (QED) is 0.102. The van der Waals surface area contributed by atoms with Crippen molar-refractivity contribution in [2.75, 3.05) is 0 Å². The number of aromatic hydroxyl groups is 3. The Morgan fingerprint density at radius 2 is 0.982 bits per heavy atom. The van der Waals surface area contributed by atoms with Gasteiger partial charge in [0.15, 0.2) is 0 Å². The molecule has 13 heteroatoms. The van der Waals surface area contributed by atoms with Gasteiger partial charge in [0, 0.05) is 22.3 Å². The molecule has 0 aliphatic carbocycles. The molecule has 0 spiro atoms. The number of aryl methyl sites for hydroxylation is 2. The molecule has 0 bridgehead atoms. The summed E-state index contributed by atoms with van der Waals surface area (Å²) in [7, 11) is 0. The Labute approximate surface area is 320 Å². The maximum Gasteiger partial charge on any atom is 0.150 e. The van der Waals surface area contributed by atoms with Crippen molar-refractivity contribution in [3.05, 3.63) is 155 Å². The standard InChI is InChI=1S/C21H17N3O3.C14H12ClN3O.C7H6O2/c1-14-10-16(13-27-17-8-6-15(12-25)7-9-17)21(26)20(11-14)24-22-18-4-2-3-5-19(18)23-24;1-9-6-10(8-15)14(19)13(7-9)18-16-11-4-2-3-5-12(11)17-18;8-5-6-1-3-7(9)4-2-6/h2-12,26H,13H2,1H3;2-7,19H,8H2,1H3;1-5,9H. The maximum absolute atomic E-state index is 10.7. The number of hydrogen-bond acceptors (Lipinski definition) is 10. The number of halogens is 1. The number of hydrogen-bond donors (Lipinski definition) is 3. The van der Waals surface area contributed by atoms with Gasteiger partial charge in [-0.15, -0.1) is 41.6 Å². The van der Waals surface area contributed by atoms with Crippen LogP contribution in [-0.2, 0) is 12.5 Å². The van der Waals surface area contributed by atoms with E-state index >= 15 is 0 Å². The number of benzene rings is 6. The molecule has 0 saturated carbocycles. The molecule has 276 valence electrons. The average Bonchev–Trinajstić information content (AvgIpc) is 3.85. The number of aromatic nitrogens is 6. The summed E-state index contributed by atoms with van der Waals surface area (Å²) >= 11 is 5.83. The highest BCUT2D eigenvalue weighted by molar-refractivity contribution is 6.17. The topological polar surface area (TPSA) is 165 Å². The lowest BCUT2D eigenvalue weighted by Gasteiger charge is -2.12. The Morgan fingerprint density at radius 1 is 0.582 bits per heavy atom. The molecule has 2 aromatic heterocycles. The van der Waals surface area contributed by atoms with E-state index in [1.165, 1.54) is 21.7 Å². The second-order valence-electron chi connectivity index (χ2n) is 12.4. The normalized spacial score (nSPS) is 10.6. The predicted octanol–water partition coefficient (Wildman–Crippen LogP) is 8.20. The van der Waals surface area contributed by atoms with Crippen molar-refractivity contribution in [3.63, 3.8) is 0 Å². The first-order chi connectivity index (χ1) is 26.6. The van der Waals surface area contributed by atoms with Crippen LogP contribution in [-0.4, -0.2) is 57.9 Å². The number of phenolic OH excluding ortho intramolecular Hbond substituents is 3. The van der Waals surface area contributed by atoms with E-state index < -0.39 is 0 Å². The van der Waals surface area contributed by atoms with Crippen molar-refractivity contribution in [2.45, 2.75) is 26.3 Å². The first-order valence-electron chi connectivity index (χ1n) is 16.9. The van der Waals surface area contributed by atoms with Gasteiger partial charge >= 0.3 is 0 Å². The number of carbonyl (C=O) groups excluding carboxylic acids is 2. The second kappa shape index (κ2) is 17.2. The summed E-state index contributed by atoms with van der Waals surface area (Å²) in [5, 5.41) is 47.3. The van der Waals surface area contributed by atoms with E-state index in [1.54, 1.807) is 36.4 Å². The maximum atomic E-state index is 10.7. The Bertz CT molecular complexity index is 2520. The lowest BCUT2D eigenvalue weighted by molar-refractivity contribution is 0.111. The minimum atomic E-state index is 0.0745. The third kappa shape index (κ3) is 9.13. The lowest BCUT2D eigenvalue weighted by Crippen LogP contribution is -2.04. The summed E-state index contributed by atoms with van der Waals surface area (Å²) in [6.07, 6.45) is 1.52. The van der Waals surface area contributed by atoms with Crippen molar-refractivity contribution in [3.8, 4) is 34.4 Å². The number of aldehydes is 2. The van der Waals surface area contributed by atoms with E-state index in [9.17, 15) is 19.8 Å². The van der Waals surface area contributed by atoms with Crippen LogP contribution in [0.4, 0.5) is 0 Å². The molecule has 0 atom stereocenters. The van der Waals surface area contributed by atoms with Gasteiger partial charge in [-0.3, -0.25) is 9.59 Å². The zero-order chi connectivity index (χ0) is 38.9. The zero-order valence-electron chi connectivity index (χ0n) is 29.7. The van der Waals surface area contributed by atoms with Crippen LogP contribution in [0, 0.1) is 13.8 Å².